The molecule has 1 amide bonds. The van der Waals surface area contributed by atoms with Gasteiger partial charge in [-0.05, 0) is 42.7 Å². The van der Waals surface area contributed by atoms with Gasteiger partial charge in [0.15, 0.2) is 5.75 Å². The van der Waals surface area contributed by atoms with Gasteiger partial charge in [0.1, 0.15) is 16.9 Å². The van der Waals surface area contributed by atoms with E-state index in [1.807, 2.05) is 0 Å². The van der Waals surface area contributed by atoms with Gasteiger partial charge in [-0.25, -0.2) is 4.39 Å². The predicted octanol–water partition coefficient (Wildman–Crippen LogP) is 1.79. The number of aromatic amines is 1. The lowest BCUT2D eigenvalue weighted by atomic mass is 10.1. The van der Waals surface area contributed by atoms with Crippen LogP contribution in [0.1, 0.15) is 28.4 Å². The van der Waals surface area contributed by atoms with Crippen LogP contribution in [0.4, 0.5) is 4.39 Å². The Kier molecular flexibility index (Phi) is 6.98. The average Bonchev–Trinajstić information content (AvgIpc) is 2.73. The molecule has 9 heteroatoms. The molecule has 0 bridgehead atoms. The summed E-state index contributed by atoms with van der Waals surface area (Å²) in [6.45, 7) is 2.41. The Bertz CT molecular complexity index is 1130. The van der Waals surface area contributed by atoms with E-state index in [-0.39, 0.29) is 42.6 Å². The van der Waals surface area contributed by atoms with Crippen LogP contribution >= 0.6 is 0 Å². The van der Waals surface area contributed by atoms with Gasteiger partial charge in [0.05, 0.1) is 18.2 Å². The molecule has 2 heterocycles. The minimum atomic E-state index is -0.720. The van der Waals surface area contributed by atoms with Crippen LogP contribution < -0.4 is 11.3 Å². The number of ether oxygens (including phenoxy) is 1. The molecule has 2 aromatic heterocycles. The summed E-state index contributed by atoms with van der Waals surface area (Å²) in [4.78, 5) is 34.0. The summed E-state index contributed by atoms with van der Waals surface area (Å²) in [5.74, 6) is -1.45. The summed E-state index contributed by atoms with van der Waals surface area (Å²) in [5.41, 5.74) is 6.54. The highest BCUT2D eigenvalue weighted by atomic mass is 19.1. The van der Waals surface area contributed by atoms with Gasteiger partial charge in [0.25, 0.3) is 11.5 Å². The number of aromatic nitrogens is 2. The van der Waals surface area contributed by atoms with Crippen LogP contribution in [0.25, 0.3) is 11.0 Å². The van der Waals surface area contributed by atoms with E-state index in [2.05, 4.69) is 9.97 Å². The van der Waals surface area contributed by atoms with Gasteiger partial charge in [-0.3, -0.25) is 14.6 Å². The second kappa shape index (κ2) is 9.67. The van der Waals surface area contributed by atoms with Crippen LogP contribution in [0.5, 0.6) is 5.75 Å². The third-order valence-electron chi connectivity index (χ3n) is 4.99. The number of rotatable bonds is 8. The molecule has 1 unspecified atom stereocenters. The Morgan fingerprint density at radius 1 is 1.32 bits per heavy atom. The lowest BCUT2D eigenvalue weighted by Gasteiger charge is -2.28. The number of H-pyrrole nitrogens is 1. The monoisotopic (exact) mass is 428 g/mol. The number of benzene rings is 1. The van der Waals surface area contributed by atoms with Crippen LogP contribution in [0.15, 0.2) is 41.3 Å². The summed E-state index contributed by atoms with van der Waals surface area (Å²) >= 11 is 0. The van der Waals surface area contributed by atoms with Crippen molar-refractivity contribution in [3.8, 4) is 5.75 Å². The van der Waals surface area contributed by atoms with Crippen LogP contribution in [0, 0.1) is 5.82 Å². The highest BCUT2D eigenvalue weighted by molar-refractivity contribution is 6.01. The smallest absolute Gasteiger partial charge is 0.265 e. The Morgan fingerprint density at radius 3 is 2.68 bits per heavy atom. The van der Waals surface area contributed by atoms with E-state index in [4.69, 9.17) is 10.5 Å². The Morgan fingerprint density at radius 2 is 2.03 bits per heavy atom. The normalized spacial score (nSPS) is 12.1. The molecule has 0 aliphatic heterocycles. The number of nitrogens with two attached hydrogens (primary N) is 1. The molecule has 1 aromatic carbocycles. The number of fused-ring (bicyclic) bond motifs is 1. The number of nitrogens with zero attached hydrogens (tertiary/aromatic N) is 2. The minimum absolute atomic E-state index is 0.109. The molecule has 3 aromatic rings. The number of amides is 1. The van der Waals surface area contributed by atoms with Crippen molar-refractivity contribution in [3.63, 3.8) is 0 Å². The molecule has 4 N–H and O–H groups in total. The molecular formula is C22H25FN4O4. The first-order valence-corrected chi connectivity index (χ1v) is 9.84. The first kappa shape index (κ1) is 22.4. The van der Waals surface area contributed by atoms with E-state index >= 15 is 0 Å². The maximum Gasteiger partial charge on any atom is 0.265 e. The van der Waals surface area contributed by atoms with Crippen molar-refractivity contribution in [2.45, 2.75) is 19.4 Å². The van der Waals surface area contributed by atoms with Gasteiger partial charge < -0.3 is 25.5 Å². The van der Waals surface area contributed by atoms with Gasteiger partial charge in [-0.15, -0.1) is 0 Å². The maximum atomic E-state index is 13.1. The third kappa shape index (κ3) is 4.89. The number of pyridine rings is 2. The largest absolute Gasteiger partial charge is 0.505 e. The summed E-state index contributed by atoms with van der Waals surface area (Å²) in [7, 11) is 1.51. The Balaban J connectivity index is 1.98. The standard InChI is InChI=1S/C22H25FN4O4/c1-13(12-31-2)27(8-7-24)22(30)18-20(28)19-17(26-21(18)29)10-15(11-25-19)9-14-3-5-16(23)6-4-14/h3-6,10-11,13H,7-9,12,24H2,1-2H3,(H2,26,28,29). The highest BCUT2D eigenvalue weighted by Crippen LogP contribution is 2.25. The molecule has 1 atom stereocenters. The molecule has 31 heavy (non-hydrogen) atoms. The van der Waals surface area contributed by atoms with Crippen LogP contribution in [0.2, 0.25) is 0 Å². The second-order valence-electron chi connectivity index (χ2n) is 7.31. The van der Waals surface area contributed by atoms with Gasteiger partial charge >= 0.3 is 0 Å². The molecule has 8 nitrogen and oxygen atoms in total. The van der Waals surface area contributed by atoms with Crippen molar-refractivity contribution in [3.05, 3.63) is 69.4 Å². The first-order valence-electron chi connectivity index (χ1n) is 9.84. The maximum absolute atomic E-state index is 13.1. The number of aromatic hydroxyl groups is 1. The van der Waals surface area contributed by atoms with Gasteiger partial charge in [-0.1, -0.05) is 12.1 Å². The molecule has 0 fully saturated rings. The van der Waals surface area contributed by atoms with Crippen molar-refractivity contribution in [2.75, 3.05) is 26.8 Å². The highest BCUT2D eigenvalue weighted by Gasteiger charge is 2.27. The SMILES string of the molecule is COCC(C)N(CCN)C(=O)c1c(O)c2ncc(Cc3ccc(F)cc3)cc2[nH]c1=O. The molecular weight excluding hydrogens is 403 g/mol. The number of nitrogens with one attached hydrogen (secondary N) is 1. The van der Waals surface area contributed by atoms with Crippen LogP contribution in [-0.4, -0.2) is 58.7 Å². The fourth-order valence-corrected chi connectivity index (χ4v) is 3.47. The molecule has 164 valence electrons. The molecule has 3 rings (SSSR count). The number of halogens is 1. The Hall–Kier alpha value is -3.30. The fourth-order valence-electron chi connectivity index (χ4n) is 3.47. The van der Waals surface area contributed by atoms with Crippen molar-refractivity contribution < 1.29 is 19.0 Å². The second-order valence-corrected chi connectivity index (χ2v) is 7.31. The summed E-state index contributed by atoms with van der Waals surface area (Å²) < 4.78 is 18.2. The molecule has 0 aliphatic rings. The van der Waals surface area contributed by atoms with E-state index in [0.29, 0.717) is 11.9 Å². The van der Waals surface area contributed by atoms with E-state index in [1.54, 1.807) is 31.3 Å². The van der Waals surface area contributed by atoms with Crippen molar-refractivity contribution in [1.29, 1.82) is 0 Å². The lowest BCUT2D eigenvalue weighted by molar-refractivity contribution is 0.0568. The zero-order valence-electron chi connectivity index (χ0n) is 17.4. The Labute approximate surface area is 178 Å². The molecule has 0 radical (unpaired) electrons. The first-order chi connectivity index (χ1) is 14.8. The van der Waals surface area contributed by atoms with Crippen molar-refractivity contribution >= 4 is 16.9 Å². The van der Waals surface area contributed by atoms with Gasteiger partial charge in [-0.2, -0.15) is 0 Å². The zero-order chi connectivity index (χ0) is 22.5. The van der Waals surface area contributed by atoms with E-state index < -0.39 is 17.2 Å². The number of methoxy groups -OCH3 is 1. The van der Waals surface area contributed by atoms with Crippen LogP contribution in [-0.2, 0) is 11.2 Å². The number of carbonyl (C=O) groups is 1. The minimum Gasteiger partial charge on any atom is -0.505 e. The van der Waals surface area contributed by atoms with Gasteiger partial charge in [0, 0.05) is 26.4 Å². The van der Waals surface area contributed by atoms with Crippen molar-refractivity contribution in [1.82, 2.24) is 14.9 Å². The molecule has 0 aliphatic carbocycles. The average molecular weight is 428 g/mol. The van der Waals surface area contributed by atoms with E-state index in [9.17, 15) is 19.1 Å². The topological polar surface area (TPSA) is 122 Å². The van der Waals surface area contributed by atoms with E-state index in [1.165, 1.54) is 24.1 Å². The zero-order valence-corrected chi connectivity index (χ0v) is 17.4. The quantitative estimate of drug-likeness (QED) is 0.503. The predicted molar refractivity (Wildman–Crippen MR) is 115 cm³/mol. The molecule has 0 saturated carbocycles. The van der Waals surface area contributed by atoms with Crippen LogP contribution in [0.3, 0.4) is 0 Å². The molecule has 0 saturated heterocycles. The summed E-state index contributed by atoms with van der Waals surface area (Å²) in [6, 6.07) is 7.39. The molecule has 0 spiro atoms. The van der Waals surface area contributed by atoms with Crippen molar-refractivity contribution in [2.24, 2.45) is 5.73 Å². The van der Waals surface area contributed by atoms with E-state index in [0.717, 1.165) is 11.1 Å². The lowest BCUT2D eigenvalue weighted by Crippen LogP contribution is -2.45. The number of hydrogen-bond donors (Lipinski definition) is 3. The summed E-state index contributed by atoms with van der Waals surface area (Å²) in [5, 5.41) is 10.7. The number of carbonyl (C=O) groups excluding carboxylic acids is 1. The fraction of sp³-hybridized carbons (Fsp3) is 0.318. The summed E-state index contributed by atoms with van der Waals surface area (Å²) in [6.07, 6.45) is 2.01. The third-order valence-corrected chi connectivity index (χ3v) is 4.99. The number of hydrogen-bond acceptors (Lipinski definition) is 6. The van der Waals surface area contributed by atoms with Gasteiger partial charge in [0.2, 0.25) is 0 Å².